The second kappa shape index (κ2) is 7.16. The largest absolute Gasteiger partial charge is 0.397 e. The highest BCUT2D eigenvalue weighted by Gasteiger charge is 2.21. The molecule has 9 nitrogen and oxygen atoms in total. The third-order valence-electron chi connectivity index (χ3n) is 4.81. The van der Waals surface area contributed by atoms with Gasteiger partial charge >= 0.3 is 0 Å². The van der Waals surface area contributed by atoms with E-state index in [0.717, 1.165) is 31.4 Å². The number of nitrogens with two attached hydrogens (primary N) is 2. The minimum Gasteiger partial charge on any atom is -0.397 e. The number of nitrogens with one attached hydrogen (secondary N) is 2. The Morgan fingerprint density at radius 3 is 2.70 bits per heavy atom. The second-order valence-electron chi connectivity index (χ2n) is 6.90. The van der Waals surface area contributed by atoms with Crippen molar-refractivity contribution in [2.24, 2.45) is 12.8 Å². The zero-order valence-electron chi connectivity index (χ0n) is 15.0. The van der Waals surface area contributed by atoms with E-state index < -0.39 is 0 Å². The number of benzene rings is 1. The summed E-state index contributed by atoms with van der Waals surface area (Å²) >= 11 is 6.00. The molecule has 0 atom stereocenters. The Morgan fingerprint density at radius 2 is 1.96 bits per heavy atom. The lowest BCUT2D eigenvalue weighted by molar-refractivity contribution is 0.410. The fourth-order valence-corrected chi connectivity index (χ4v) is 3.39. The van der Waals surface area contributed by atoms with E-state index in [2.05, 4.69) is 30.9 Å². The topological polar surface area (TPSA) is 133 Å². The number of fused-ring (bicyclic) bond motifs is 1. The van der Waals surface area contributed by atoms with Crippen molar-refractivity contribution in [3.8, 4) is 0 Å². The Morgan fingerprint density at radius 1 is 1.19 bits per heavy atom. The number of aryl methyl sites for hydroxylation is 1. The van der Waals surface area contributed by atoms with Crippen molar-refractivity contribution < 1.29 is 0 Å². The van der Waals surface area contributed by atoms with Crippen molar-refractivity contribution >= 4 is 45.9 Å². The van der Waals surface area contributed by atoms with Crippen LogP contribution in [0.25, 0.3) is 11.2 Å². The van der Waals surface area contributed by atoms with E-state index in [0.29, 0.717) is 45.7 Å². The van der Waals surface area contributed by atoms with Gasteiger partial charge in [-0.3, -0.25) is 0 Å². The van der Waals surface area contributed by atoms with E-state index in [1.807, 2.05) is 6.07 Å². The van der Waals surface area contributed by atoms with Crippen molar-refractivity contribution in [3.05, 3.63) is 23.2 Å². The molecule has 3 aromatic rings. The maximum Gasteiger partial charge on any atom is 0.227 e. The predicted octanol–water partition coefficient (Wildman–Crippen LogP) is 2.42. The van der Waals surface area contributed by atoms with Gasteiger partial charge in [0, 0.05) is 24.8 Å². The number of rotatable bonds is 4. The number of anilines is 4. The first-order valence-electron chi connectivity index (χ1n) is 8.91. The standard InChI is InChI=1S/C17H22ClN9/c1-27-16-14(25-26-27)15(21-11-6-7-12(18)13(20)8-11)23-17(24-16)22-10-4-2-9(19)3-5-10/h6-10H,2-5,19-20H2,1H3,(H2,21,22,23,24). The Kier molecular flexibility index (Phi) is 4.71. The molecular formula is C17H22ClN9. The molecule has 0 unspecified atom stereocenters. The van der Waals surface area contributed by atoms with Crippen molar-refractivity contribution in [3.63, 3.8) is 0 Å². The van der Waals surface area contributed by atoms with Gasteiger partial charge in [0.15, 0.2) is 17.0 Å². The lowest BCUT2D eigenvalue weighted by atomic mass is 9.92. The minimum absolute atomic E-state index is 0.292. The molecule has 1 aliphatic carbocycles. The summed E-state index contributed by atoms with van der Waals surface area (Å²) in [6.07, 6.45) is 4.01. The third kappa shape index (κ3) is 3.74. The quantitative estimate of drug-likeness (QED) is 0.501. The van der Waals surface area contributed by atoms with Crippen molar-refractivity contribution in [1.82, 2.24) is 25.0 Å². The summed E-state index contributed by atoms with van der Waals surface area (Å²) in [4.78, 5) is 9.20. The molecule has 27 heavy (non-hydrogen) atoms. The number of hydrogen-bond donors (Lipinski definition) is 4. The Labute approximate surface area is 161 Å². The number of nitrogens with zero attached hydrogens (tertiary/aromatic N) is 5. The van der Waals surface area contributed by atoms with Gasteiger partial charge in [0.25, 0.3) is 0 Å². The van der Waals surface area contributed by atoms with Crippen LogP contribution < -0.4 is 22.1 Å². The molecule has 0 amide bonds. The van der Waals surface area contributed by atoms with Gasteiger partial charge in [0.2, 0.25) is 5.95 Å². The lowest BCUT2D eigenvalue weighted by Gasteiger charge is -2.26. The van der Waals surface area contributed by atoms with Crippen molar-refractivity contribution in [1.29, 1.82) is 0 Å². The predicted molar refractivity (Wildman–Crippen MR) is 107 cm³/mol. The van der Waals surface area contributed by atoms with E-state index in [4.69, 9.17) is 23.1 Å². The van der Waals surface area contributed by atoms with Gasteiger partial charge in [-0.05, 0) is 43.9 Å². The van der Waals surface area contributed by atoms with Crippen LogP contribution in [0.2, 0.25) is 5.02 Å². The van der Waals surface area contributed by atoms with Crippen LogP contribution in [0, 0.1) is 0 Å². The average Bonchev–Trinajstić information content (AvgIpc) is 3.02. The summed E-state index contributed by atoms with van der Waals surface area (Å²) in [5.41, 5.74) is 14.4. The van der Waals surface area contributed by atoms with Gasteiger partial charge in [0.1, 0.15) is 0 Å². The van der Waals surface area contributed by atoms with Crippen LogP contribution in [0.3, 0.4) is 0 Å². The molecule has 4 rings (SSSR count). The molecule has 1 aromatic carbocycles. The van der Waals surface area contributed by atoms with Crippen LogP contribution in [-0.2, 0) is 7.05 Å². The summed E-state index contributed by atoms with van der Waals surface area (Å²) in [5.74, 6) is 1.10. The SMILES string of the molecule is Cn1nnc2c(Nc3ccc(Cl)c(N)c3)nc(NC3CCC(N)CC3)nc21. The van der Waals surface area contributed by atoms with Gasteiger partial charge < -0.3 is 22.1 Å². The molecule has 6 N–H and O–H groups in total. The molecule has 142 valence electrons. The molecule has 0 radical (unpaired) electrons. The molecule has 0 spiro atoms. The highest BCUT2D eigenvalue weighted by Crippen LogP contribution is 2.28. The van der Waals surface area contributed by atoms with Crippen LogP contribution >= 0.6 is 11.6 Å². The molecular weight excluding hydrogens is 366 g/mol. The number of aromatic nitrogens is 5. The van der Waals surface area contributed by atoms with Crippen molar-refractivity contribution in [2.45, 2.75) is 37.8 Å². The highest BCUT2D eigenvalue weighted by molar-refractivity contribution is 6.33. The molecule has 2 heterocycles. The second-order valence-corrected chi connectivity index (χ2v) is 7.31. The average molecular weight is 388 g/mol. The van der Waals surface area contributed by atoms with Gasteiger partial charge in [0.05, 0.1) is 10.7 Å². The minimum atomic E-state index is 0.292. The zero-order valence-corrected chi connectivity index (χ0v) is 15.7. The Hall–Kier alpha value is -2.65. The van der Waals surface area contributed by atoms with E-state index in [1.165, 1.54) is 0 Å². The van der Waals surface area contributed by atoms with Crippen LogP contribution in [0.5, 0.6) is 0 Å². The van der Waals surface area contributed by atoms with Crippen LogP contribution in [-0.4, -0.2) is 37.0 Å². The maximum absolute atomic E-state index is 6.00. The van der Waals surface area contributed by atoms with Crippen LogP contribution in [0.15, 0.2) is 18.2 Å². The summed E-state index contributed by atoms with van der Waals surface area (Å²) in [5, 5.41) is 15.4. The first-order chi connectivity index (χ1) is 13.0. The number of nitrogen functional groups attached to an aromatic ring is 1. The molecule has 1 saturated carbocycles. The zero-order chi connectivity index (χ0) is 19.0. The summed E-state index contributed by atoms with van der Waals surface area (Å²) < 4.78 is 1.63. The van der Waals surface area contributed by atoms with E-state index >= 15 is 0 Å². The fraction of sp³-hybridized carbons (Fsp3) is 0.412. The lowest BCUT2D eigenvalue weighted by Crippen LogP contribution is -2.33. The number of halogens is 1. The van der Waals surface area contributed by atoms with E-state index in [9.17, 15) is 0 Å². The highest BCUT2D eigenvalue weighted by atomic mass is 35.5. The van der Waals surface area contributed by atoms with Gasteiger partial charge in [-0.25, -0.2) is 4.68 Å². The van der Waals surface area contributed by atoms with Crippen LogP contribution in [0.1, 0.15) is 25.7 Å². The van der Waals surface area contributed by atoms with Gasteiger partial charge in [-0.2, -0.15) is 9.97 Å². The number of hydrogen-bond acceptors (Lipinski definition) is 8. The molecule has 0 saturated heterocycles. The monoisotopic (exact) mass is 387 g/mol. The van der Waals surface area contributed by atoms with E-state index in [-0.39, 0.29) is 0 Å². The first kappa shape index (κ1) is 17.7. The third-order valence-corrected chi connectivity index (χ3v) is 5.16. The molecule has 1 aliphatic rings. The molecule has 10 heteroatoms. The Bertz CT molecular complexity index is 962. The summed E-state index contributed by atoms with van der Waals surface area (Å²) in [7, 11) is 1.80. The smallest absolute Gasteiger partial charge is 0.227 e. The molecule has 0 bridgehead atoms. The normalized spacial score (nSPS) is 20.0. The summed E-state index contributed by atoms with van der Waals surface area (Å²) in [6.45, 7) is 0. The maximum atomic E-state index is 6.00. The molecule has 0 aliphatic heterocycles. The van der Waals surface area contributed by atoms with Crippen molar-refractivity contribution in [2.75, 3.05) is 16.4 Å². The van der Waals surface area contributed by atoms with Gasteiger partial charge in [-0.1, -0.05) is 16.8 Å². The van der Waals surface area contributed by atoms with E-state index in [1.54, 1.807) is 23.9 Å². The summed E-state index contributed by atoms with van der Waals surface area (Å²) in [6, 6.07) is 5.92. The molecule has 2 aromatic heterocycles. The fourth-order valence-electron chi connectivity index (χ4n) is 3.27. The van der Waals surface area contributed by atoms with Gasteiger partial charge in [-0.15, -0.1) is 5.10 Å². The van der Waals surface area contributed by atoms with Crippen LogP contribution in [0.4, 0.5) is 23.1 Å². The Balaban J connectivity index is 1.65. The first-order valence-corrected chi connectivity index (χ1v) is 9.29. The molecule has 1 fully saturated rings.